The molecule has 0 aromatic carbocycles. The topological polar surface area (TPSA) is 66.4 Å². The number of carbonyl (C=O) groups is 2. The van der Waals surface area contributed by atoms with Crippen molar-refractivity contribution in [2.75, 3.05) is 6.54 Å². The van der Waals surface area contributed by atoms with E-state index in [2.05, 4.69) is 26.1 Å². The van der Waals surface area contributed by atoms with Crippen LogP contribution in [-0.4, -0.2) is 23.5 Å². The molecule has 4 heteroatoms. The molecule has 0 aromatic rings. The van der Waals surface area contributed by atoms with E-state index < -0.39 is 5.97 Å². The Bertz CT molecular complexity index is 294. The standard InChI is InChI=1S/C13H23NO3/c1-13(2,3)8-14-11(15)9-5-4-6-10(7-9)12(16)17/h9-10H,4-8H2,1-3H3,(H,14,15)(H,16,17). The molecule has 0 aliphatic heterocycles. The van der Waals surface area contributed by atoms with Crippen LogP contribution < -0.4 is 5.32 Å². The Morgan fingerprint density at radius 3 is 2.35 bits per heavy atom. The first-order valence-corrected chi connectivity index (χ1v) is 6.30. The number of carboxylic acids is 1. The molecule has 1 aliphatic carbocycles. The highest BCUT2D eigenvalue weighted by Crippen LogP contribution is 2.29. The lowest BCUT2D eigenvalue weighted by atomic mass is 9.81. The molecule has 1 rings (SSSR count). The highest BCUT2D eigenvalue weighted by atomic mass is 16.4. The van der Waals surface area contributed by atoms with Crippen LogP contribution in [0.3, 0.4) is 0 Å². The number of rotatable bonds is 3. The van der Waals surface area contributed by atoms with E-state index in [1.165, 1.54) is 0 Å². The van der Waals surface area contributed by atoms with E-state index in [9.17, 15) is 9.59 Å². The molecule has 17 heavy (non-hydrogen) atoms. The molecule has 98 valence electrons. The van der Waals surface area contributed by atoms with Crippen molar-refractivity contribution in [1.29, 1.82) is 0 Å². The van der Waals surface area contributed by atoms with Gasteiger partial charge in [0.25, 0.3) is 0 Å². The molecule has 0 heterocycles. The molecular formula is C13H23NO3. The van der Waals surface area contributed by atoms with Gasteiger partial charge in [-0.3, -0.25) is 9.59 Å². The van der Waals surface area contributed by atoms with Crippen LogP contribution in [0.4, 0.5) is 0 Å². The van der Waals surface area contributed by atoms with E-state index in [0.29, 0.717) is 19.4 Å². The summed E-state index contributed by atoms with van der Waals surface area (Å²) < 4.78 is 0. The van der Waals surface area contributed by atoms with Gasteiger partial charge in [0.15, 0.2) is 0 Å². The van der Waals surface area contributed by atoms with E-state index in [4.69, 9.17) is 5.11 Å². The third-order valence-corrected chi connectivity index (χ3v) is 3.19. The van der Waals surface area contributed by atoms with Crippen molar-refractivity contribution in [1.82, 2.24) is 5.32 Å². The maximum Gasteiger partial charge on any atom is 0.306 e. The average Bonchev–Trinajstić information content (AvgIpc) is 2.25. The second-order valence-corrected chi connectivity index (χ2v) is 6.18. The molecule has 2 atom stereocenters. The van der Waals surface area contributed by atoms with E-state index in [1.807, 2.05) is 0 Å². The van der Waals surface area contributed by atoms with Gasteiger partial charge >= 0.3 is 5.97 Å². The normalized spacial score (nSPS) is 25.4. The number of amides is 1. The third kappa shape index (κ3) is 4.75. The molecule has 0 spiro atoms. The van der Waals surface area contributed by atoms with Crippen molar-refractivity contribution in [3.8, 4) is 0 Å². The van der Waals surface area contributed by atoms with Gasteiger partial charge in [-0.25, -0.2) is 0 Å². The monoisotopic (exact) mass is 241 g/mol. The van der Waals surface area contributed by atoms with Gasteiger partial charge in [-0.1, -0.05) is 27.2 Å². The fraction of sp³-hybridized carbons (Fsp3) is 0.846. The predicted molar refractivity (Wildman–Crippen MR) is 65.5 cm³/mol. The summed E-state index contributed by atoms with van der Waals surface area (Å²) in [6.07, 6.45) is 2.86. The molecule has 0 radical (unpaired) electrons. The number of hydrogen-bond acceptors (Lipinski definition) is 2. The molecule has 0 saturated heterocycles. The summed E-state index contributed by atoms with van der Waals surface area (Å²) in [7, 11) is 0. The molecule has 2 unspecified atom stereocenters. The van der Waals surface area contributed by atoms with Crippen LogP contribution in [0.5, 0.6) is 0 Å². The Morgan fingerprint density at radius 2 is 1.82 bits per heavy atom. The molecule has 1 fully saturated rings. The minimum atomic E-state index is -0.765. The Hall–Kier alpha value is -1.06. The lowest BCUT2D eigenvalue weighted by molar-refractivity contribution is -0.144. The van der Waals surface area contributed by atoms with Crippen molar-refractivity contribution in [2.24, 2.45) is 17.3 Å². The number of nitrogens with one attached hydrogen (secondary N) is 1. The maximum atomic E-state index is 11.9. The molecule has 0 aromatic heterocycles. The Balaban J connectivity index is 2.44. The SMILES string of the molecule is CC(C)(C)CNC(=O)C1CCCC(C(=O)O)C1. The first-order chi connectivity index (χ1) is 7.79. The van der Waals surface area contributed by atoms with Gasteiger partial charge in [0.2, 0.25) is 5.91 Å². The van der Waals surface area contributed by atoms with Crippen LogP contribution >= 0.6 is 0 Å². The zero-order chi connectivity index (χ0) is 13.1. The predicted octanol–water partition coefficient (Wildman–Crippen LogP) is 2.04. The van der Waals surface area contributed by atoms with Crippen LogP contribution in [0.1, 0.15) is 46.5 Å². The van der Waals surface area contributed by atoms with E-state index in [-0.39, 0.29) is 23.2 Å². The molecular weight excluding hydrogens is 218 g/mol. The van der Waals surface area contributed by atoms with E-state index in [0.717, 1.165) is 12.8 Å². The third-order valence-electron chi connectivity index (χ3n) is 3.19. The Labute approximate surface area is 103 Å². The first-order valence-electron chi connectivity index (χ1n) is 6.30. The van der Waals surface area contributed by atoms with Crippen LogP contribution in [0.15, 0.2) is 0 Å². The number of carbonyl (C=O) groups excluding carboxylic acids is 1. The average molecular weight is 241 g/mol. The minimum Gasteiger partial charge on any atom is -0.481 e. The smallest absolute Gasteiger partial charge is 0.306 e. The van der Waals surface area contributed by atoms with Crippen LogP contribution in [0, 0.1) is 17.3 Å². The second-order valence-electron chi connectivity index (χ2n) is 6.18. The summed E-state index contributed by atoms with van der Waals surface area (Å²) in [6, 6.07) is 0. The number of carboxylic acid groups (broad SMARTS) is 1. The van der Waals surface area contributed by atoms with Crippen LogP contribution in [0.2, 0.25) is 0 Å². The van der Waals surface area contributed by atoms with Gasteiger partial charge in [0, 0.05) is 12.5 Å². The van der Waals surface area contributed by atoms with Crippen molar-refractivity contribution < 1.29 is 14.7 Å². The van der Waals surface area contributed by atoms with Gasteiger partial charge in [-0.05, 0) is 24.7 Å². The molecule has 1 aliphatic rings. The number of hydrogen-bond donors (Lipinski definition) is 2. The Morgan fingerprint density at radius 1 is 1.24 bits per heavy atom. The summed E-state index contributed by atoms with van der Waals surface area (Å²) in [5.74, 6) is -1.20. The van der Waals surface area contributed by atoms with Gasteiger partial charge in [-0.15, -0.1) is 0 Å². The van der Waals surface area contributed by atoms with Crippen LogP contribution in [-0.2, 0) is 9.59 Å². The zero-order valence-electron chi connectivity index (χ0n) is 11.0. The van der Waals surface area contributed by atoms with Gasteiger partial charge < -0.3 is 10.4 Å². The van der Waals surface area contributed by atoms with Crippen molar-refractivity contribution in [3.63, 3.8) is 0 Å². The molecule has 1 saturated carbocycles. The fourth-order valence-electron chi connectivity index (χ4n) is 2.15. The molecule has 4 nitrogen and oxygen atoms in total. The second kappa shape index (κ2) is 5.52. The van der Waals surface area contributed by atoms with Gasteiger partial charge in [0.1, 0.15) is 0 Å². The summed E-state index contributed by atoms with van der Waals surface area (Å²) in [6.45, 7) is 6.83. The van der Waals surface area contributed by atoms with E-state index >= 15 is 0 Å². The van der Waals surface area contributed by atoms with Gasteiger partial charge in [-0.2, -0.15) is 0 Å². The zero-order valence-corrected chi connectivity index (χ0v) is 11.0. The summed E-state index contributed by atoms with van der Waals surface area (Å²) in [5.41, 5.74) is 0.0660. The Kier molecular flexibility index (Phi) is 4.54. The summed E-state index contributed by atoms with van der Waals surface area (Å²) in [5, 5.41) is 11.9. The quantitative estimate of drug-likeness (QED) is 0.794. The van der Waals surface area contributed by atoms with Crippen molar-refractivity contribution in [2.45, 2.75) is 46.5 Å². The molecule has 0 bridgehead atoms. The van der Waals surface area contributed by atoms with Crippen LogP contribution in [0.25, 0.3) is 0 Å². The lowest BCUT2D eigenvalue weighted by Crippen LogP contribution is -2.39. The fourth-order valence-corrected chi connectivity index (χ4v) is 2.15. The van der Waals surface area contributed by atoms with Gasteiger partial charge in [0.05, 0.1) is 5.92 Å². The van der Waals surface area contributed by atoms with Crippen molar-refractivity contribution >= 4 is 11.9 Å². The largest absolute Gasteiger partial charge is 0.481 e. The highest BCUT2D eigenvalue weighted by Gasteiger charge is 2.31. The summed E-state index contributed by atoms with van der Waals surface area (Å²) in [4.78, 5) is 22.8. The first kappa shape index (κ1) is 14.0. The maximum absolute atomic E-state index is 11.9. The summed E-state index contributed by atoms with van der Waals surface area (Å²) >= 11 is 0. The molecule has 2 N–H and O–H groups in total. The minimum absolute atomic E-state index is 0.0193. The molecule has 1 amide bonds. The lowest BCUT2D eigenvalue weighted by Gasteiger charge is -2.27. The number of aliphatic carboxylic acids is 1. The highest BCUT2D eigenvalue weighted by molar-refractivity contribution is 5.80. The van der Waals surface area contributed by atoms with Crippen molar-refractivity contribution in [3.05, 3.63) is 0 Å². The van der Waals surface area contributed by atoms with E-state index in [1.54, 1.807) is 0 Å².